The first kappa shape index (κ1) is 16.7. The number of hydrogen-bond donors (Lipinski definition) is 1. The van der Waals surface area contributed by atoms with Crippen molar-refractivity contribution in [2.75, 3.05) is 12.4 Å². The number of anilines is 1. The summed E-state index contributed by atoms with van der Waals surface area (Å²) in [4.78, 5) is 12.5. The van der Waals surface area contributed by atoms with E-state index in [1.165, 1.54) is 0 Å². The van der Waals surface area contributed by atoms with Crippen LogP contribution in [-0.2, 0) is 11.3 Å². The van der Waals surface area contributed by atoms with Crippen LogP contribution in [0.15, 0.2) is 78.9 Å². The molecule has 0 saturated carbocycles. The SMILES string of the molecule is COCc1ccc(C(=O)Nc2ccccc2Oc2ccccc2)cc1. The molecular formula is C21H19NO3. The number of nitrogens with one attached hydrogen (secondary N) is 1. The van der Waals surface area contributed by atoms with Crippen LogP contribution in [0.25, 0.3) is 0 Å². The highest BCUT2D eigenvalue weighted by Gasteiger charge is 2.10. The van der Waals surface area contributed by atoms with E-state index in [1.54, 1.807) is 19.2 Å². The van der Waals surface area contributed by atoms with Crippen LogP contribution < -0.4 is 10.1 Å². The van der Waals surface area contributed by atoms with Gasteiger partial charge < -0.3 is 14.8 Å². The summed E-state index contributed by atoms with van der Waals surface area (Å²) < 4.78 is 10.9. The summed E-state index contributed by atoms with van der Waals surface area (Å²) in [5, 5.41) is 2.90. The van der Waals surface area contributed by atoms with Crippen LogP contribution in [0.4, 0.5) is 5.69 Å². The molecule has 3 aromatic rings. The van der Waals surface area contributed by atoms with Gasteiger partial charge in [-0.2, -0.15) is 0 Å². The van der Waals surface area contributed by atoms with Gasteiger partial charge in [0.25, 0.3) is 5.91 Å². The Morgan fingerprint density at radius 2 is 1.56 bits per heavy atom. The van der Waals surface area contributed by atoms with E-state index in [0.29, 0.717) is 29.4 Å². The molecule has 0 atom stereocenters. The average Bonchev–Trinajstić information content (AvgIpc) is 2.65. The zero-order valence-corrected chi connectivity index (χ0v) is 13.9. The quantitative estimate of drug-likeness (QED) is 0.699. The molecule has 0 saturated heterocycles. The molecule has 0 aliphatic rings. The number of amides is 1. The molecule has 25 heavy (non-hydrogen) atoms. The lowest BCUT2D eigenvalue weighted by Gasteiger charge is -2.12. The Morgan fingerprint density at radius 3 is 2.28 bits per heavy atom. The highest BCUT2D eigenvalue weighted by Crippen LogP contribution is 2.29. The van der Waals surface area contributed by atoms with Gasteiger partial charge in [0.1, 0.15) is 5.75 Å². The summed E-state index contributed by atoms with van der Waals surface area (Å²) in [6.45, 7) is 0.523. The number of methoxy groups -OCH3 is 1. The molecule has 0 radical (unpaired) electrons. The molecule has 3 rings (SSSR count). The lowest BCUT2D eigenvalue weighted by Crippen LogP contribution is -2.12. The number of carbonyl (C=O) groups is 1. The number of hydrogen-bond acceptors (Lipinski definition) is 3. The minimum Gasteiger partial charge on any atom is -0.455 e. The van der Waals surface area contributed by atoms with Crippen molar-refractivity contribution in [2.45, 2.75) is 6.61 Å². The second-order valence-corrected chi connectivity index (χ2v) is 5.50. The molecule has 0 aromatic heterocycles. The standard InChI is InChI=1S/C21H19NO3/c1-24-15-16-11-13-17(14-12-16)21(23)22-19-9-5-6-10-20(19)25-18-7-3-2-4-8-18/h2-14H,15H2,1H3,(H,22,23). The Kier molecular flexibility index (Phi) is 5.44. The number of ether oxygens (including phenoxy) is 2. The van der Waals surface area contributed by atoms with Gasteiger partial charge in [0, 0.05) is 12.7 Å². The number of rotatable bonds is 6. The van der Waals surface area contributed by atoms with E-state index in [9.17, 15) is 4.79 Å². The lowest BCUT2D eigenvalue weighted by atomic mass is 10.1. The molecule has 0 heterocycles. The maximum Gasteiger partial charge on any atom is 0.255 e. The van der Waals surface area contributed by atoms with E-state index in [4.69, 9.17) is 9.47 Å². The summed E-state index contributed by atoms with van der Waals surface area (Å²) in [6.07, 6.45) is 0. The molecule has 0 spiro atoms. The fourth-order valence-corrected chi connectivity index (χ4v) is 2.39. The maximum absolute atomic E-state index is 12.5. The van der Waals surface area contributed by atoms with Gasteiger partial charge in [-0.05, 0) is 42.0 Å². The van der Waals surface area contributed by atoms with Gasteiger partial charge >= 0.3 is 0 Å². The summed E-state index contributed by atoms with van der Waals surface area (Å²) in [6, 6.07) is 24.1. The lowest BCUT2D eigenvalue weighted by molar-refractivity contribution is 0.102. The predicted molar refractivity (Wildman–Crippen MR) is 98.1 cm³/mol. The topological polar surface area (TPSA) is 47.6 Å². The van der Waals surface area contributed by atoms with Crippen LogP contribution in [0.5, 0.6) is 11.5 Å². The predicted octanol–water partition coefficient (Wildman–Crippen LogP) is 4.88. The summed E-state index contributed by atoms with van der Waals surface area (Å²) in [5.41, 5.74) is 2.22. The Labute approximate surface area is 147 Å². The highest BCUT2D eigenvalue weighted by atomic mass is 16.5. The van der Waals surface area contributed by atoms with E-state index in [1.807, 2.05) is 66.7 Å². The van der Waals surface area contributed by atoms with E-state index in [2.05, 4.69) is 5.32 Å². The monoisotopic (exact) mass is 333 g/mol. The normalized spacial score (nSPS) is 10.3. The van der Waals surface area contributed by atoms with Gasteiger partial charge in [-0.25, -0.2) is 0 Å². The zero-order valence-electron chi connectivity index (χ0n) is 13.9. The smallest absolute Gasteiger partial charge is 0.255 e. The minimum atomic E-state index is -0.187. The fourth-order valence-electron chi connectivity index (χ4n) is 2.39. The van der Waals surface area contributed by atoms with Crippen molar-refractivity contribution in [3.63, 3.8) is 0 Å². The minimum absolute atomic E-state index is 0.187. The van der Waals surface area contributed by atoms with Crippen LogP contribution in [0.1, 0.15) is 15.9 Å². The van der Waals surface area contributed by atoms with Crippen molar-refractivity contribution >= 4 is 11.6 Å². The summed E-state index contributed by atoms with van der Waals surface area (Å²) >= 11 is 0. The van der Waals surface area contributed by atoms with Gasteiger partial charge in [-0.3, -0.25) is 4.79 Å². The Morgan fingerprint density at radius 1 is 0.880 bits per heavy atom. The van der Waals surface area contributed by atoms with Gasteiger partial charge in [0.15, 0.2) is 5.75 Å². The first-order valence-electron chi connectivity index (χ1n) is 7.97. The van der Waals surface area contributed by atoms with E-state index >= 15 is 0 Å². The van der Waals surface area contributed by atoms with E-state index < -0.39 is 0 Å². The van der Waals surface area contributed by atoms with Crippen LogP contribution in [0, 0.1) is 0 Å². The van der Waals surface area contributed by atoms with Crippen molar-refractivity contribution in [1.82, 2.24) is 0 Å². The van der Waals surface area contributed by atoms with Crippen LogP contribution in [0.2, 0.25) is 0 Å². The second-order valence-electron chi connectivity index (χ2n) is 5.50. The Balaban J connectivity index is 1.75. The molecule has 0 aliphatic carbocycles. The molecule has 0 fully saturated rings. The van der Waals surface area contributed by atoms with Crippen molar-refractivity contribution in [1.29, 1.82) is 0 Å². The third-order valence-electron chi connectivity index (χ3n) is 3.63. The van der Waals surface area contributed by atoms with E-state index in [-0.39, 0.29) is 5.91 Å². The Hall–Kier alpha value is -3.11. The molecule has 0 unspecified atom stereocenters. The molecule has 3 aromatic carbocycles. The molecule has 0 bridgehead atoms. The average molecular weight is 333 g/mol. The molecule has 1 N–H and O–H groups in total. The first-order chi connectivity index (χ1) is 12.3. The van der Waals surface area contributed by atoms with Crippen molar-refractivity contribution in [3.8, 4) is 11.5 Å². The van der Waals surface area contributed by atoms with Gasteiger partial charge in [-0.1, -0.05) is 42.5 Å². The van der Waals surface area contributed by atoms with Gasteiger partial charge in [-0.15, -0.1) is 0 Å². The van der Waals surface area contributed by atoms with Crippen LogP contribution >= 0.6 is 0 Å². The van der Waals surface area contributed by atoms with Crippen molar-refractivity contribution < 1.29 is 14.3 Å². The molecule has 126 valence electrons. The third-order valence-corrected chi connectivity index (χ3v) is 3.63. The third kappa shape index (κ3) is 4.46. The highest BCUT2D eigenvalue weighted by molar-refractivity contribution is 6.05. The zero-order chi connectivity index (χ0) is 17.5. The largest absolute Gasteiger partial charge is 0.455 e. The molecular weight excluding hydrogens is 314 g/mol. The fraction of sp³-hybridized carbons (Fsp3) is 0.0952. The summed E-state index contributed by atoms with van der Waals surface area (Å²) in [5.74, 6) is 1.12. The maximum atomic E-state index is 12.5. The first-order valence-corrected chi connectivity index (χ1v) is 7.97. The number of carbonyl (C=O) groups excluding carboxylic acids is 1. The molecule has 1 amide bonds. The van der Waals surface area contributed by atoms with E-state index in [0.717, 1.165) is 5.56 Å². The van der Waals surface area contributed by atoms with Gasteiger partial charge in [0.2, 0.25) is 0 Å². The van der Waals surface area contributed by atoms with Crippen LogP contribution in [-0.4, -0.2) is 13.0 Å². The van der Waals surface area contributed by atoms with Crippen LogP contribution in [0.3, 0.4) is 0 Å². The van der Waals surface area contributed by atoms with Gasteiger partial charge in [0.05, 0.1) is 12.3 Å². The van der Waals surface area contributed by atoms with Crippen molar-refractivity contribution in [3.05, 3.63) is 90.0 Å². The number of para-hydroxylation sites is 3. The van der Waals surface area contributed by atoms with Crippen molar-refractivity contribution in [2.24, 2.45) is 0 Å². The Bertz CT molecular complexity index is 829. The summed E-state index contributed by atoms with van der Waals surface area (Å²) in [7, 11) is 1.64. The molecule has 4 nitrogen and oxygen atoms in total. The number of benzene rings is 3. The second kappa shape index (κ2) is 8.13. The molecule has 4 heteroatoms. The molecule has 0 aliphatic heterocycles.